The number of thiophene rings is 1. The summed E-state index contributed by atoms with van der Waals surface area (Å²) in [6.07, 6.45) is 0.658. The van der Waals surface area contributed by atoms with Gasteiger partial charge in [-0.1, -0.05) is 26.8 Å². The lowest BCUT2D eigenvalue weighted by atomic mass is 9.84. The zero-order chi connectivity index (χ0) is 23.1. The van der Waals surface area contributed by atoms with Crippen molar-refractivity contribution in [2.75, 3.05) is 0 Å². The first kappa shape index (κ1) is 24.0. The van der Waals surface area contributed by atoms with E-state index in [0.717, 1.165) is 51.6 Å². The smallest absolute Gasteiger partial charge is 0.259 e. The van der Waals surface area contributed by atoms with E-state index in [0.29, 0.717) is 13.2 Å². The Bertz CT molecular complexity index is 1140. The van der Waals surface area contributed by atoms with Gasteiger partial charge in [0.15, 0.2) is 19.9 Å². The van der Waals surface area contributed by atoms with Crippen LogP contribution in [0.25, 0.3) is 0 Å². The third-order valence-electron chi connectivity index (χ3n) is 5.33. The summed E-state index contributed by atoms with van der Waals surface area (Å²) in [4.78, 5) is 13.1. The van der Waals surface area contributed by atoms with Crippen molar-refractivity contribution in [3.05, 3.63) is 50.6 Å². The van der Waals surface area contributed by atoms with Crippen molar-refractivity contribution < 1.29 is 23.2 Å². The van der Waals surface area contributed by atoms with E-state index in [9.17, 15) is 18.5 Å². The number of nitrogens with zero attached hydrogens (tertiary/aromatic N) is 1. The van der Waals surface area contributed by atoms with E-state index in [1.165, 1.54) is 13.8 Å². The topological polar surface area (TPSA) is 102 Å². The number of benzene rings is 1. The summed E-state index contributed by atoms with van der Waals surface area (Å²) < 4.78 is 36.4. The van der Waals surface area contributed by atoms with Crippen LogP contribution in [-0.4, -0.2) is 15.2 Å². The van der Waals surface area contributed by atoms with Gasteiger partial charge in [0.25, 0.3) is 5.91 Å². The second-order valence-corrected chi connectivity index (χ2v) is 11.6. The lowest BCUT2D eigenvalue weighted by Gasteiger charge is -2.20. The number of halogens is 1. The third-order valence-corrected chi connectivity index (χ3v) is 8.71. The summed E-state index contributed by atoms with van der Waals surface area (Å²) in [5.41, 5.74) is 3.85. The molecule has 1 aliphatic rings. The molecule has 0 aliphatic carbocycles. The molecule has 170 valence electrons. The van der Waals surface area contributed by atoms with Crippen LogP contribution in [0.5, 0.6) is 0 Å². The monoisotopic (exact) mass is 468 g/mol. The van der Waals surface area contributed by atoms with E-state index in [4.69, 9.17) is 9.88 Å². The molecule has 1 amide bonds. The van der Waals surface area contributed by atoms with Gasteiger partial charge >= 0.3 is 0 Å². The summed E-state index contributed by atoms with van der Waals surface area (Å²) >= 11 is 0.766. The maximum Gasteiger partial charge on any atom is 0.259 e. The predicted octanol–water partition coefficient (Wildman–Crippen LogP) is 4.30. The Kier molecular flexibility index (Phi) is 6.74. The molecule has 1 aliphatic heterocycles. The van der Waals surface area contributed by atoms with Gasteiger partial charge in [-0.2, -0.15) is 0 Å². The van der Waals surface area contributed by atoms with Crippen LogP contribution in [0.4, 0.5) is 4.39 Å². The van der Waals surface area contributed by atoms with Gasteiger partial charge in [0.05, 0.1) is 25.2 Å². The van der Waals surface area contributed by atoms with Gasteiger partial charge in [0, 0.05) is 4.88 Å². The normalized spacial score (nSPS) is 15.8. The highest BCUT2D eigenvalue weighted by Crippen LogP contribution is 2.36. The fraction of sp³-hybridized carbons (Fsp3) is 0.500. The van der Waals surface area contributed by atoms with Crippen molar-refractivity contribution in [2.24, 2.45) is 9.50 Å². The number of ether oxygens (including phenoxy) is 1. The van der Waals surface area contributed by atoms with Gasteiger partial charge in [0.1, 0.15) is 0 Å². The summed E-state index contributed by atoms with van der Waals surface area (Å²) in [5, 5.41) is 15.9. The number of aliphatic hydroxyl groups is 1. The van der Waals surface area contributed by atoms with Gasteiger partial charge < -0.3 is 9.84 Å². The Hall–Kier alpha value is -1.65. The van der Waals surface area contributed by atoms with Crippen LogP contribution >= 0.6 is 11.3 Å². The number of hydrogen-bond acceptors (Lipinski definition) is 5. The molecule has 0 spiro atoms. The van der Waals surface area contributed by atoms with Gasteiger partial charge in [-0.15, -0.1) is 15.7 Å². The van der Waals surface area contributed by atoms with E-state index in [1.54, 1.807) is 0 Å². The molecule has 6 nitrogen and oxygen atoms in total. The predicted molar refractivity (Wildman–Crippen MR) is 120 cm³/mol. The van der Waals surface area contributed by atoms with E-state index >= 15 is 0 Å². The summed E-state index contributed by atoms with van der Waals surface area (Å²) in [7, 11) is -3.78. The van der Waals surface area contributed by atoms with Crippen LogP contribution in [0, 0.1) is 5.82 Å². The minimum absolute atomic E-state index is 0.0660. The Labute approximate surface area is 186 Å². The van der Waals surface area contributed by atoms with Gasteiger partial charge in [-0.25, -0.2) is 13.7 Å². The van der Waals surface area contributed by atoms with E-state index < -0.39 is 27.2 Å². The Morgan fingerprint density at radius 1 is 1.39 bits per heavy atom. The number of carbonyl (C=O) groups is 1. The zero-order valence-corrected chi connectivity index (χ0v) is 20.1. The van der Waals surface area contributed by atoms with Gasteiger partial charge in [0.2, 0.25) is 0 Å². The average Bonchev–Trinajstić information content (AvgIpc) is 3.26. The van der Waals surface area contributed by atoms with Crippen molar-refractivity contribution >= 4 is 27.2 Å². The average molecular weight is 469 g/mol. The lowest BCUT2D eigenvalue weighted by Crippen LogP contribution is -2.17. The lowest BCUT2D eigenvalue weighted by molar-refractivity contribution is -0.117. The van der Waals surface area contributed by atoms with E-state index in [2.05, 4.69) is 24.3 Å². The molecule has 0 saturated heterocycles. The third kappa shape index (κ3) is 4.90. The summed E-state index contributed by atoms with van der Waals surface area (Å²) in [5.74, 6) is -1.34. The highest BCUT2D eigenvalue weighted by Gasteiger charge is 2.27. The molecule has 9 heteroatoms. The van der Waals surface area contributed by atoms with Crippen molar-refractivity contribution in [3.63, 3.8) is 0 Å². The zero-order valence-electron chi connectivity index (χ0n) is 18.5. The largest absolute Gasteiger partial charge is 0.385 e. The van der Waals surface area contributed by atoms with Gasteiger partial charge in [-0.05, 0) is 60.1 Å². The number of amides is 1. The van der Waals surface area contributed by atoms with Crippen LogP contribution in [0.3, 0.4) is 0 Å². The van der Waals surface area contributed by atoms with E-state index in [1.807, 2.05) is 6.92 Å². The number of aryl methyl sites for hydroxylation is 1. The molecule has 31 heavy (non-hydrogen) atoms. The molecule has 1 aromatic heterocycles. The second kappa shape index (κ2) is 8.71. The number of nitrogens with two attached hydrogens (primary N) is 1. The van der Waals surface area contributed by atoms with Crippen LogP contribution in [-0.2, 0) is 51.1 Å². The molecule has 1 atom stereocenters. The number of fused-ring (bicyclic) bond motifs is 1. The Balaban J connectivity index is 2.02. The molecule has 0 radical (unpaired) electrons. The first-order chi connectivity index (χ1) is 14.3. The summed E-state index contributed by atoms with van der Waals surface area (Å²) in [6, 6.07) is 3.14. The molecular formula is C22H29FN2O4S2. The Morgan fingerprint density at radius 2 is 2.06 bits per heavy atom. The standard InChI is InChI=1S/C22H29FN2O4S2/c1-6-13-7-14-10-29-11-16(14)20(12(2)3)15(13)8-19(26)25-31(24,28)21-17(23)9-18(30-21)22(4,5)27/h7,9,12,27H,6,8,10-11H2,1-5H3,(H2,24,25,26,28). The quantitative estimate of drug-likeness (QED) is 0.660. The molecule has 3 N–H and O–H groups in total. The fourth-order valence-corrected chi connectivity index (χ4v) is 6.34. The highest BCUT2D eigenvalue weighted by atomic mass is 32.2. The van der Waals surface area contributed by atoms with Crippen LogP contribution in [0.15, 0.2) is 20.7 Å². The van der Waals surface area contributed by atoms with Crippen molar-refractivity contribution in [2.45, 2.75) is 76.4 Å². The number of hydrogen-bond donors (Lipinski definition) is 2. The molecule has 1 aromatic carbocycles. The molecule has 2 aromatic rings. The molecule has 2 heterocycles. The second-order valence-electron chi connectivity index (χ2n) is 8.60. The molecule has 3 rings (SSSR count). The molecule has 0 fully saturated rings. The maximum atomic E-state index is 14.4. The van der Waals surface area contributed by atoms with Crippen LogP contribution in [0.1, 0.15) is 73.2 Å². The van der Waals surface area contributed by atoms with Crippen molar-refractivity contribution in [1.82, 2.24) is 0 Å². The van der Waals surface area contributed by atoms with Crippen molar-refractivity contribution in [3.8, 4) is 0 Å². The van der Waals surface area contributed by atoms with Gasteiger partial charge in [-0.3, -0.25) is 4.79 Å². The maximum absolute atomic E-state index is 14.4. The SMILES string of the molecule is CCc1cc2c(c(C(C)C)c1CC(=O)N=S(N)(=O)c1sc(C(C)(C)O)cc1F)COC2. The van der Waals surface area contributed by atoms with Crippen LogP contribution < -0.4 is 5.14 Å². The van der Waals surface area contributed by atoms with E-state index in [-0.39, 0.29) is 21.4 Å². The minimum Gasteiger partial charge on any atom is -0.385 e. The van der Waals surface area contributed by atoms with Crippen LogP contribution in [0.2, 0.25) is 0 Å². The first-order valence-electron chi connectivity index (χ1n) is 10.2. The highest BCUT2D eigenvalue weighted by molar-refractivity contribution is 7.93. The molecule has 1 unspecified atom stereocenters. The Morgan fingerprint density at radius 3 is 2.61 bits per heavy atom. The summed E-state index contributed by atoms with van der Waals surface area (Å²) in [6.45, 7) is 10.2. The first-order valence-corrected chi connectivity index (χ1v) is 12.6. The molecule has 0 saturated carbocycles. The number of carbonyl (C=O) groups excluding carboxylic acids is 1. The molecular weight excluding hydrogens is 439 g/mol. The fourth-order valence-electron chi connectivity index (χ4n) is 3.93. The van der Waals surface area contributed by atoms with Crippen molar-refractivity contribution in [1.29, 1.82) is 0 Å². The molecule has 0 bridgehead atoms. The number of rotatable bonds is 6. The minimum atomic E-state index is -3.78.